The molecule has 2 aromatic heterocycles. The summed E-state index contributed by atoms with van der Waals surface area (Å²) in [4.78, 5) is 4.21. The Morgan fingerprint density at radius 2 is 2.05 bits per heavy atom. The van der Waals surface area contributed by atoms with Crippen molar-refractivity contribution in [2.24, 2.45) is 0 Å². The molecule has 1 N–H and O–H groups in total. The Balaban J connectivity index is 0.00000176. The first-order valence-corrected chi connectivity index (χ1v) is 7.01. The topological polar surface area (TPSA) is 60.2 Å². The van der Waals surface area contributed by atoms with Crippen LogP contribution in [0.4, 0.5) is 4.39 Å². The van der Waals surface area contributed by atoms with E-state index in [1.54, 1.807) is 13.1 Å². The molecule has 0 spiro atoms. The zero-order valence-corrected chi connectivity index (χ0v) is 14.7. The molecule has 22 heavy (non-hydrogen) atoms. The molecule has 1 radical (unpaired) electrons. The third-order valence-corrected chi connectivity index (χ3v) is 3.64. The molecule has 0 fully saturated rings. The third-order valence-electron chi connectivity index (χ3n) is 2.87. The zero-order chi connectivity index (χ0) is 14.8. The van der Waals surface area contributed by atoms with Gasteiger partial charge in [-0.25, -0.2) is 14.1 Å². The molecule has 0 aliphatic heterocycles. The average Bonchev–Trinajstić information content (AvgIpc) is 3.03. The minimum absolute atomic E-state index is 0. The van der Waals surface area contributed by atoms with Crippen LogP contribution in [0, 0.1) is 6.92 Å². The number of benzene rings is 1. The van der Waals surface area contributed by atoms with Gasteiger partial charge in [0, 0.05) is 26.3 Å². The molecule has 1 aromatic carbocycles. The third kappa shape index (κ3) is 3.19. The molecule has 0 amide bonds. The second-order valence-corrected chi connectivity index (χ2v) is 5.46. The number of halogens is 1. The van der Waals surface area contributed by atoms with Crippen molar-refractivity contribution >= 4 is 11.3 Å². The van der Waals surface area contributed by atoms with Crippen LogP contribution >= 0.6 is 11.3 Å². The number of aromatic nitrogens is 3. The molecule has 0 atom stereocenters. The summed E-state index contributed by atoms with van der Waals surface area (Å²) in [7, 11) is 0. The fourth-order valence-electron chi connectivity index (χ4n) is 2.00. The number of hydrogen-bond acceptors (Lipinski definition) is 5. The van der Waals surface area contributed by atoms with Gasteiger partial charge in [0.15, 0.2) is 0 Å². The Morgan fingerprint density at radius 1 is 1.32 bits per heavy atom. The molecule has 0 unspecified atom stereocenters. The Kier molecular flexibility index (Phi) is 5.28. The van der Waals surface area contributed by atoms with E-state index in [4.69, 9.17) is 4.74 Å². The summed E-state index contributed by atoms with van der Waals surface area (Å²) in [5, 5.41) is 14.8. The van der Waals surface area contributed by atoms with E-state index in [0.717, 1.165) is 16.9 Å². The summed E-state index contributed by atoms with van der Waals surface area (Å²) in [6.45, 7) is 0.813. The minimum Gasteiger partial charge on any atom is -0.497 e. The first-order valence-electron chi connectivity index (χ1n) is 6.19. The van der Waals surface area contributed by atoms with Gasteiger partial charge < -0.3 is 9.84 Å². The fraction of sp³-hybridized carbons (Fsp3) is 0.143. The summed E-state index contributed by atoms with van der Waals surface area (Å²) in [6.07, 6.45) is 1.66. The van der Waals surface area contributed by atoms with Crippen molar-refractivity contribution in [1.82, 2.24) is 14.8 Å². The van der Waals surface area contributed by atoms with Crippen molar-refractivity contribution < 1.29 is 34.3 Å². The number of aryl methyl sites for hydroxylation is 1. The second-order valence-electron chi connectivity index (χ2n) is 4.27. The van der Waals surface area contributed by atoms with Gasteiger partial charge in [0.1, 0.15) is 0 Å². The molecule has 0 aliphatic rings. The SMILES string of the molecule is Cc1nc(-n2cc(-c3ccccc3)c(OCF)n2)c(O)s1.[Ir]. The van der Waals surface area contributed by atoms with E-state index in [2.05, 4.69) is 10.1 Å². The van der Waals surface area contributed by atoms with E-state index < -0.39 is 6.86 Å². The van der Waals surface area contributed by atoms with Gasteiger partial charge in [0.05, 0.1) is 10.6 Å². The first kappa shape index (κ1) is 16.6. The summed E-state index contributed by atoms with van der Waals surface area (Å²) in [5.41, 5.74) is 1.48. The maximum Gasteiger partial charge on any atom is 0.243 e. The van der Waals surface area contributed by atoms with Gasteiger partial charge >= 0.3 is 0 Å². The predicted molar refractivity (Wildman–Crippen MR) is 77.7 cm³/mol. The van der Waals surface area contributed by atoms with Crippen molar-refractivity contribution in [2.45, 2.75) is 6.92 Å². The van der Waals surface area contributed by atoms with Crippen LogP contribution < -0.4 is 4.74 Å². The van der Waals surface area contributed by atoms with Crippen LogP contribution in [0.25, 0.3) is 16.9 Å². The number of ether oxygens (including phenoxy) is 1. The van der Waals surface area contributed by atoms with Gasteiger partial charge in [-0.15, -0.1) is 5.10 Å². The molecule has 3 rings (SSSR count). The smallest absolute Gasteiger partial charge is 0.243 e. The molecule has 0 saturated heterocycles. The van der Waals surface area contributed by atoms with E-state index >= 15 is 0 Å². The molecular formula is C14H12FIrN3O2S. The summed E-state index contributed by atoms with van der Waals surface area (Å²) < 4.78 is 18.9. The van der Waals surface area contributed by atoms with E-state index in [1.165, 1.54) is 4.68 Å². The molecule has 0 bridgehead atoms. The molecule has 0 saturated carbocycles. The maximum atomic E-state index is 12.5. The van der Waals surface area contributed by atoms with Crippen LogP contribution in [0.15, 0.2) is 36.5 Å². The largest absolute Gasteiger partial charge is 0.497 e. The number of alkyl halides is 1. The number of hydrogen-bond donors (Lipinski definition) is 1. The van der Waals surface area contributed by atoms with Crippen molar-refractivity contribution in [2.75, 3.05) is 6.86 Å². The van der Waals surface area contributed by atoms with Gasteiger partial charge in [-0.2, -0.15) is 0 Å². The molecule has 0 aliphatic carbocycles. The molecular weight excluding hydrogens is 485 g/mol. The summed E-state index contributed by atoms with van der Waals surface area (Å²) in [6, 6.07) is 9.38. The standard InChI is InChI=1S/C14H12FN3O2S.Ir/c1-9-16-12(14(19)21-9)18-7-11(13(17-18)20-8-15)10-5-3-2-4-6-10;/h2-7,19H,8H2,1H3;. The summed E-state index contributed by atoms with van der Waals surface area (Å²) in [5.74, 6) is 0.470. The normalized spacial score (nSPS) is 10.3. The number of nitrogens with zero attached hydrogens (tertiary/aromatic N) is 3. The Hall–Kier alpha value is -1.76. The van der Waals surface area contributed by atoms with Crippen LogP contribution in [0.3, 0.4) is 0 Å². The fourth-order valence-corrected chi connectivity index (χ4v) is 2.64. The van der Waals surface area contributed by atoms with Crippen molar-refractivity contribution in [1.29, 1.82) is 0 Å². The van der Waals surface area contributed by atoms with Gasteiger partial charge in [-0.3, -0.25) is 0 Å². The van der Waals surface area contributed by atoms with Crippen LogP contribution in [-0.4, -0.2) is 26.7 Å². The van der Waals surface area contributed by atoms with Crippen LogP contribution in [0.5, 0.6) is 10.9 Å². The van der Waals surface area contributed by atoms with Gasteiger partial charge in [-0.05, 0) is 12.5 Å². The van der Waals surface area contributed by atoms with Gasteiger partial charge in [0.25, 0.3) is 0 Å². The van der Waals surface area contributed by atoms with Crippen molar-refractivity contribution in [3.8, 4) is 27.9 Å². The minimum atomic E-state index is -0.973. The van der Waals surface area contributed by atoms with E-state index in [9.17, 15) is 9.50 Å². The van der Waals surface area contributed by atoms with Crippen molar-refractivity contribution in [3.63, 3.8) is 0 Å². The average molecular weight is 498 g/mol. The summed E-state index contributed by atoms with van der Waals surface area (Å²) >= 11 is 1.16. The van der Waals surface area contributed by atoms with Gasteiger partial charge in [0.2, 0.25) is 23.6 Å². The van der Waals surface area contributed by atoms with Crippen molar-refractivity contribution in [3.05, 3.63) is 41.5 Å². The molecule has 117 valence electrons. The quantitative estimate of drug-likeness (QED) is 0.601. The van der Waals surface area contributed by atoms with Crippen LogP contribution in [0.2, 0.25) is 0 Å². The predicted octanol–water partition coefficient (Wildman–Crippen LogP) is 3.31. The maximum absolute atomic E-state index is 12.5. The number of thiazole rings is 1. The number of aromatic hydroxyl groups is 1. The first-order chi connectivity index (χ1) is 10.2. The monoisotopic (exact) mass is 498 g/mol. The van der Waals surface area contributed by atoms with Gasteiger partial charge in [-0.1, -0.05) is 41.7 Å². The molecule has 2 heterocycles. The second kappa shape index (κ2) is 7.00. The zero-order valence-electron chi connectivity index (χ0n) is 11.5. The van der Waals surface area contributed by atoms with Crippen LogP contribution in [0.1, 0.15) is 5.01 Å². The Bertz CT molecular complexity index is 761. The number of rotatable bonds is 4. The Labute approximate surface area is 143 Å². The molecule has 8 heteroatoms. The Morgan fingerprint density at radius 3 is 2.64 bits per heavy atom. The van der Waals surface area contributed by atoms with E-state index in [-0.39, 0.29) is 31.0 Å². The van der Waals surface area contributed by atoms with Crippen LogP contribution in [-0.2, 0) is 20.1 Å². The van der Waals surface area contributed by atoms with E-state index in [1.807, 2.05) is 30.3 Å². The molecule has 3 aromatic rings. The molecule has 5 nitrogen and oxygen atoms in total. The van der Waals surface area contributed by atoms with E-state index in [0.29, 0.717) is 16.4 Å².